The van der Waals surface area contributed by atoms with Crippen molar-refractivity contribution in [3.05, 3.63) is 28.8 Å². The van der Waals surface area contributed by atoms with Crippen molar-refractivity contribution in [1.82, 2.24) is 10.2 Å². The maximum atomic E-state index is 9.98. The Balaban J connectivity index is 1.74. The summed E-state index contributed by atoms with van der Waals surface area (Å²) >= 11 is 6.21. The first-order valence-corrected chi connectivity index (χ1v) is 7.57. The third-order valence-electron chi connectivity index (χ3n) is 4.43. The summed E-state index contributed by atoms with van der Waals surface area (Å²) < 4.78 is 0. The molecule has 2 aliphatic heterocycles. The molecule has 3 nitrogen and oxygen atoms in total. The number of halogens is 1. The number of phenolic OH excluding ortho intramolecular Hbond substituents is 1. The Hall–Kier alpha value is -0.770. The zero-order valence-corrected chi connectivity index (χ0v) is 11.9. The summed E-state index contributed by atoms with van der Waals surface area (Å²) in [7, 11) is 0. The summed E-state index contributed by atoms with van der Waals surface area (Å²) in [5.74, 6) is 0.317. The minimum absolute atomic E-state index is 0.317. The fourth-order valence-corrected chi connectivity index (χ4v) is 3.68. The molecule has 2 aliphatic rings. The van der Waals surface area contributed by atoms with Crippen molar-refractivity contribution >= 4 is 11.6 Å². The van der Waals surface area contributed by atoms with Crippen LogP contribution in [0.5, 0.6) is 5.75 Å². The van der Waals surface area contributed by atoms with E-state index in [4.69, 9.17) is 11.6 Å². The predicted molar refractivity (Wildman–Crippen MR) is 77.6 cm³/mol. The Bertz CT molecular complexity index is 426. The van der Waals surface area contributed by atoms with E-state index in [0.29, 0.717) is 22.9 Å². The first kappa shape index (κ1) is 13.2. The molecule has 0 spiro atoms. The smallest absolute Gasteiger partial charge is 0.121 e. The number of nitrogens with zero attached hydrogens (tertiary/aromatic N) is 1. The molecule has 2 atom stereocenters. The fraction of sp³-hybridized carbons (Fsp3) is 0.600. The average molecular weight is 281 g/mol. The maximum Gasteiger partial charge on any atom is 0.121 e. The molecule has 0 aliphatic carbocycles. The van der Waals surface area contributed by atoms with Gasteiger partial charge in [0.1, 0.15) is 5.75 Å². The molecule has 0 aromatic heterocycles. The Morgan fingerprint density at radius 2 is 2.21 bits per heavy atom. The molecule has 2 N–H and O–H groups in total. The summed E-state index contributed by atoms with van der Waals surface area (Å²) in [6.07, 6.45) is 5.05. The first-order valence-electron chi connectivity index (χ1n) is 7.19. The van der Waals surface area contributed by atoms with Gasteiger partial charge in [0.05, 0.1) is 0 Å². The average Bonchev–Trinajstić information content (AvgIpc) is 3.04. The molecule has 1 aromatic rings. The van der Waals surface area contributed by atoms with Gasteiger partial charge in [-0.2, -0.15) is 0 Å². The van der Waals surface area contributed by atoms with E-state index in [0.717, 1.165) is 25.2 Å². The van der Waals surface area contributed by atoms with E-state index >= 15 is 0 Å². The summed E-state index contributed by atoms with van der Waals surface area (Å²) in [6.45, 7) is 3.01. The molecule has 4 heteroatoms. The van der Waals surface area contributed by atoms with E-state index < -0.39 is 0 Å². The Kier molecular flexibility index (Phi) is 3.96. The van der Waals surface area contributed by atoms with E-state index in [1.165, 1.54) is 25.7 Å². The van der Waals surface area contributed by atoms with Gasteiger partial charge in [-0.25, -0.2) is 0 Å². The van der Waals surface area contributed by atoms with Crippen LogP contribution in [0.25, 0.3) is 0 Å². The van der Waals surface area contributed by atoms with Gasteiger partial charge in [-0.3, -0.25) is 4.90 Å². The first-order chi connectivity index (χ1) is 9.25. The zero-order valence-electron chi connectivity index (χ0n) is 11.1. The molecule has 2 fully saturated rings. The van der Waals surface area contributed by atoms with Crippen LogP contribution in [0.3, 0.4) is 0 Å². The molecule has 0 amide bonds. The van der Waals surface area contributed by atoms with E-state index in [9.17, 15) is 5.11 Å². The van der Waals surface area contributed by atoms with Crippen LogP contribution in [-0.4, -0.2) is 35.2 Å². The Morgan fingerprint density at radius 3 is 2.95 bits per heavy atom. The van der Waals surface area contributed by atoms with Crippen LogP contribution in [0, 0.1) is 0 Å². The van der Waals surface area contributed by atoms with Crippen LogP contribution in [0.15, 0.2) is 18.2 Å². The second-order valence-electron chi connectivity index (χ2n) is 5.62. The molecular formula is C15H21ClN2O. The highest BCUT2D eigenvalue weighted by Gasteiger charge is 2.33. The van der Waals surface area contributed by atoms with Crippen molar-refractivity contribution in [2.24, 2.45) is 0 Å². The molecule has 2 heterocycles. The van der Waals surface area contributed by atoms with Gasteiger partial charge in [-0.15, -0.1) is 0 Å². The van der Waals surface area contributed by atoms with Gasteiger partial charge in [0.2, 0.25) is 0 Å². The highest BCUT2D eigenvalue weighted by molar-refractivity contribution is 6.31. The number of benzene rings is 1. The third-order valence-corrected chi connectivity index (χ3v) is 4.79. The lowest BCUT2D eigenvalue weighted by atomic mass is 10.0. The number of likely N-dealkylation sites (tertiary alicyclic amines) is 1. The van der Waals surface area contributed by atoms with Crippen LogP contribution >= 0.6 is 11.6 Å². The second kappa shape index (κ2) is 5.70. The van der Waals surface area contributed by atoms with Crippen LogP contribution in [0.2, 0.25) is 5.02 Å². The summed E-state index contributed by atoms with van der Waals surface area (Å²) in [5, 5.41) is 14.3. The van der Waals surface area contributed by atoms with E-state index in [2.05, 4.69) is 10.2 Å². The van der Waals surface area contributed by atoms with Crippen molar-refractivity contribution < 1.29 is 5.11 Å². The largest absolute Gasteiger partial charge is 0.508 e. The van der Waals surface area contributed by atoms with Crippen molar-refractivity contribution in [1.29, 1.82) is 0 Å². The van der Waals surface area contributed by atoms with Crippen LogP contribution in [-0.2, 0) is 6.54 Å². The lowest BCUT2D eigenvalue weighted by molar-refractivity contribution is 0.204. The molecule has 3 rings (SSSR count). The van der Waals surface area contributed by atoms with Crippen molar-refractivity contribution in [3.8, 4) is 5.75 Å². The van der Waals surface area contributed by atoms with Gasteiger partial charge in [0.15, 0.2) is 0 Å². The van der Waals surface area contributed by atoms with Crippen molar-refractivity contribution in [2.75, 3.05) is 13.1 Å². The molecule has 2 saturated heterocycles. The normalized spacial score (nSPS) is 28.1. The quantitative estimate of drug-likeness (QED) is 0.894. The van der Waals surface area contributed by atoms with Crippen LogP contribution < -0.4 is 5.32 Å². The minimum atomic E-state index is 0.317. The van der Waals surface area contributed by atoms with Gasteiger partial charge < -0.3 is 10.4 Å². The number of hydrogen-bond donors (Lipinski definition) is 2. The van der Waals surface area contributed by atoms with E-state index in [1.54, 1.807) is 12.1 Å². The van der Waals surface area contributed by atoms with Crippen LogP contribution in [0.1, 0.15) is 31.2 Å². The van der Waals surface area contributed by atoms with Crippen molar-refractivity contribution in [3.63, 3.8) is 0 Å². The third kappa shape index (κ3) is 2.73. The zero-order chi connectivity index (χ0) is 13.2. The number of nitrogens with one attached hydrogen (secondary N) is 1. The number of rotatable bonds is 3. The topological polar surface area (TPSA) is 35.5 Å². The summed E-state index contributed by atoms with van der Waals surface area (Å²) in [6, 6.07) is 6.59. The highest BCUT2D eigenvalue weighted by atomic mass is 35.5. The molecule has 19 heavy (non-hydrogen) atoms. The van der Waals surface area contributed by atoms with Crippen LogP contribution in [0.4, 0.5) is 0 Å². The molecule has 0 bridgehead atoms. The monoisotopic (exact) mass is 280 g/mol. The minimum Gasteiger partial charge on any atom is -0.508 e. The number of phenols is 1. The SMILES string of the molecule is Oc1cccc(Cl)c1CN1CCCC1C1CCCN1. The van der Waals surface area contributed by atoms with Gasteiger partial charge in [0.25, 0.3) is 0 Å². The molecular weight excluding hydrogens is 260 g/mol. The molecule has 2 unspecified atom stereocenters. The number of hydrogen-bond acceptors (Lipinski definition) is 3. The number of aromatic hydroxyl groups is 1. The lowest BCUT2D eigenvalue weighted by Gasteiger charge is -2.30. The Labute approximate surface area is 119 Å². The second-order valence-corrected chi connectivity index (χ2v) is 6.03. The summed E-state index contributed by atoms with van der Waals surface area (Å²) in [4.78, 5) is 2.48. The van der Waals surface area contributed by atoms with Gasteiger partial charge in [-0.05, 0) is 50.9 Å². The maximum absolute atomic E-state index is 9.98. The fourth-order valence-electron chi connectivity index (χ4n) is 3.45. The summed E-state index contributed by atoms with van der Waals surface area (Å²) in [5.41, 5.74) is 0.870. The lowest BCUT2D eigenvalue weighted by Crippen LogP contribution is -2.43. The highest BCUT2D eigenvalue weighted by Crippen LogP contribution is 2.31. The molecule has 0 saturated carbocycles. The van der Waals surface area contributed by atoms with Gasteiger partial charge in [0, 0.05) is 29.2 Å². The molecule has 0 radical (unpaired) electrons. The van der Waals surface area contributed by atoms with Gasteiger partial charge >= 0.3 is 0 Å². The van der Waals surface area contributed by atoms with Crippen molar-refractivity contribution in [2.45, 2.75) is 44.3 Å². The predicted octanol–water partition coefficient (Wildman–Crippen LogP) is 2.76. The Morgan fingerprint density at radius 1 is 1.32 bits per heavy atom. The van der Waals surface area contributed by atoms with Gasteiger partial charge in [-0.1, -0.05) is 17.7 Å². The van der Waals surface area contributed by atoms with E-state index in [1.807, 2.05) is 6.07 Å². The molecule has 104 valence electrons. The molecule has 1 aromatic carbocycles. The van der Waals surface area contributed by atoms with E-state index in [-0.39, 0.29) is 0 Å². The standard InChI is InChI=1S/C15H21ClN2O/c16-12-4-1-7-15(19)11(12)10-18-9-3-6-14(18)13-5-2-8-17-13/h1,4,7,13-14,17,19H,2-3,5-6,8-10H2.